The predicted octanol–water partition coefficient (Wildman–Crippen LogP) is -1.39. The van der Waals surface area contributed by atoms with Crippen molar-refractivity contribution in [3.8, 4) is 0 Å². The third kappa shape index (κ3) is 2.43. The molecular weight excluding hydrogens is 206 g/mol. The van der Waals surface area contributed by atoms with Crippen molar-refractivity contribution in [3.05, 3.63) is 0 Å². The normalized spacial score (nSPS) is 20.6. The summed E-state index contributed by atoms with van der Waals surface area (Å²) in [5, 5.41) is 2.62. The number of carbonyl (C=O) groups is 1. The summed E-state index contributed by atoms with van der Waals surface area (Å²) in [6.07, 6.45) is 0.652. The fraction of sp³-hybridized carbons (Fsp3) is 0.857. The molecule has 6 nitrogen and oxygen atoms in total. The Labute approximate surface area is 84.1 Å². The summed E-state index contributed by atoms with van der Waals surface area (Å²) in [6.45, 7) is 0.845. The van der Waals surface area contributed by atoms with Gasteiger partial charge in [-0.25, -0.2) is 0 Å². The van der Waals surface area contributed by atoms with Crippen molar-refractivity contribution in [2.75, 3.05) is 33.7 Å². The molecule has 7 heteroatoms. The number of amides is 1. The largest absolute Gasteiger partial charge is 0.355 e. The molecule has 1 rings (SSSR count). The van der Waals surface area contributed by atoms with E-state index in [1.807, 2.05) is 0 Å². The summed E-state index contributed by atoms with van der Waals surface area (Å²) in [4.78, 5) is 11.1. The van der Waals surface area contributed by atoms with Crippen LogP contribution in [0.15, 0.2) is 0 Å². The Bertz CT molecular complexity index is 312. The lowest BCUT2D eigenvalue weighted by Gasteiger charge is -2.22. The molecule has 1 aliphatic heterocycles. The lowest BCUT2D eigenvalue weighted by Crippen LogP contribution is -2.43. The first-order valence-corrected chi connectivity index (χ1v) is 5.78. The van der Waals surface area contributed by atoms with Crippen LogP contribution in [0.1, 0.15) is 6.42 Å². The van der Waals surface area contributed by atoms with Gasteiger partial charge in [-0.15, -0.1) is 0 Å². The zero-order valence-electron chi connectivity index (χ0n) is 8.36. The molecule has 0 aromatic carbocycles. The summed E-state index contributed by atoms with van der Waals surface area (Å²) in [7, 11) is -0.537. The molecule has 0 aromatic heterocycles. The average Bonchev–Trinajstić information content (AvgIpc) is 2.29. The lowest BCUT2D eigenvalue weighted by atomic mass is 10.4. The van der Waals surface area contributed by atoms with Crippen LogP contribution in [0, 0.1) is 0 Å². The van der Waals surface area contributed by atoms with Crippen molar-refractivity contribution in [2.45, 2.75) is 6.42 Å². The van der Waals surface area contributed by atoms with Gasteiger partial charge in [0, 0.05) is 27.2 Å². The topological polar surface area (TPSA) is 69.7 Å². The van der Waals surface area contributed by atoms with Crippen LogP contribution >= 0.6 is 0 Å². The highest BCUT2D eigenvalue weighted by molar-refractivity contribution is 7.86. The van der Waals surface area contributed by atoms with Crippen molar-refractivity contribution in [1.82, 2.24) is 13.9 Å². The molecule has 82 valence electrons. The van der Waals surface area contributed by atoms with Gasteiger partial charge in [-0.2, -0.15) is 17.0 Å². The molecule has 1 aliphatic rings. The molecule has 0 saturated carbocycles. The molecule has 0 bridgehead atoms. The second-order valence-electron chi connectivity index (χ2n) is 3.33. The number of nitrogens with zero attached hydrogens (tertiary/aromatic N) is 2. The summed E-state index contributed by atoms with van der Waals surface area (Å²) in [5.74, 6) is -0.243. The van der Waals surface area contributed by atoms with E-state index in [2.05, 4.69) is 5.32 Å². The maximum absolute atomic E-state index is 11.7. The molecule has 1 saturated heterocycles. The molecule has 0 aromatic rings. The molecule has 0 aliphatic carbocycles. The van der Waals surface area contributed by atoms with E-state index in [1.165, 1.54) is 18.4 Å². The molecule has 0 unspecified atom stereocenters. The SMILES string of the molecule is CN(C)S(=O)(=O)N1CCCNC(=O)C1. The maximum Gasteiger partial charge on any atom is 0.281 e. The number of hydrogen-bond acceptors (Lipinski definition) is 3. The molecule has 0 spiro atoms. The first-order chi connectivity index (χ1) is 6.44. The Hall–Kier alpha value is -0.660. The van der Waals surface area contributed by atoms with Gasteiger partial charge in [-0.1, -0.05) is 0 Å². The van der Waals surface area contributed by atoms with Crippen LogP contribution in [-0.2, 0) is 15.0 Å². The summed E-state index contributed by atoms with van der Waals surface area (Å²) in [6, 6.07) is 0. The first-order valence-electron chi connectivity index (χ1n) is 4.39. The number of carbonyl (C=O) groups excluding carboxylic acids is 1. The number of hydrogen-bond donors (Lipinski definition) is 1. The van der Waals surface area contributed by atoms with Gasteiger partial charge < -0.3 is 5.32 Å². The van der Waals surface area contributed by atoms with Crippen LogP contribution in [0.2, 0.25) is 0 Å². The minimum Gasteiger partial charge on any atom is -0.355 e. The van der Waals surface area contributed by atoms with Crippen molar-refractivity contribution in [3.63, 3.8) is 0 Å². The van der Waals surface area contributed by atoms with Crippen molar-refractivity contribution in [2.24, 2.45) is 0 Å². The summed E-state index contributed by atoms with van der Waals surface area (Å²) in [5.41, 5.74) is 0. The van der Waals surface area contributed by atoms with E-state index in [0.717, 1.165) is 4.31 Å². The fourth-order valence-electron chi connectivity index (χ4n) is 1.21. The Morgan fingerprint density at radius 2 is 2.07 bits per heavy atom. The van der Waals surface area contributed by atoms with Crippen LogP contribution in [0.4, 0.5) is 0 Å². The van der Waals surface area contributed by atoms with Crippen molar-refractivity contribution >= 4 is 16.1 Å². The number of nitrogens with one attached hydrogen (secondary N) is 1. The zero-order valence-corrected chi connectivity index (χ0v) is 9.17. The Morgan fingerprint density at radius 3 is 2.64 bits per heavy atom. The average molecular weight is 221 g/mol. The summed E-state index contributed by atoms with van der Waals surface area (Å²) >= 11 is 0. The van der Waals surface area contributed by atoms with Gasteiger partial charge in [0.15, 0.2) is 0 Å². The molecule has 1 N–H and O–H groups in total. The van der Waals surface area contributed by atoms with E-state index in [-0.39, 0.29) is 12.5 Å². The molecule has 14 heavy (non-hydrogen) atoms. The smallest absolute Gasteiger partial charge is 0.281 e. The van der Waals surface area contributed by atoms with Crippen LogP contribution in [0.25, 0.3) is 0 Å². The Balaban J connectivity index is 2.81. The van der Waals surface area contributed by atoms with E-state index in [1.54, 1.807) is 0 Å². The monoisotopic (exact) mass is 221 g/mol. The first kappa shape index (κ1) is 11.4. The Morgan fingerprint density at radius 1 is 1.43 bits per heavy atom. The highest BCUT2D eigenvalue weighted by atomic mass is 32.2. The number of rotatable bonds is 2. The quantitative estimate of drug-likeness (QED) is 0.624. The van der Waals surface area contributed by atoms with E-state index in [4.69, 9.17) is 0 Å². The van der Waals surface area contributed by atoms with Gasteiger partial charge in [0.2, 0.25) is 5.91 Å². The van der Waals surface area contributed by atoms with E-state index < -0.39 is 10.2 Å². The van der Waals surface area contributed by atoms with Crippen LogP contribution < -0.4 is 5.32 Å². The van der Waals surface area contributed by atoms with Gasteiger partial charge in [0.1, 0.15) is 0 Å². The van der Waals surface area contributed by atoms with Gasteiger partial charge in [0.05, 0.1) is 6.54 Å². The van der Waals surface area contributed by atoms with Crippen molar-refractivity contribution < 1.29 is 13.2 Å². The van der Waals surface area contributed by atoms with Gasteiger partial charge in [-0.3, -0.25) is 4.79 Å². The highest BCUT2D eigenvalue weighted by Crippen LogP contribution is 2.06. The van der Waals surface area contributed by atoms with E-state index >= 15 is 0 Å². The molecule has 0 atom stereocenters. The van der Waals surface area contributed by atoms with Crippen LogP contribution in [0.3, 0.4) is 0 Å². The molecule has 0 radical (unpaired) electrons. The van der Waals surface area contributed by atoms with Gasteiger partial charge >= 0.3 is 0 Å². The molecule has 1 amide bonds. The zero-order chi connectivity index (χ0) is 10.8. The molecular formula is C7H15N3O3S. The predicted molar refractivity (Wildman–Crippen MR) is 51.8 cm³/mol. The fourth-order valence-corrected chi connectivity index (χ4v) is 2.31. The van der Waals surface area contributed by atoms with Crippen molar-refractivity contribution in [1.29, 1.82) is 0 Å². The highest BCUT2D eigenvalue weighted by Gasteiger charge is 2.27. The minimum absolute atomic E-state index is 0.0828. The van der Waals surface area contributed by atoms with Gasteiger partial charge in [0.25, 0.3) is 10.2 Å². The van der Waals surface area contributed by atoms with Crippen LogP contribution in [-0.4, -0.2) is 56.7 Å². The maximum atomic E-state index is 11.7. The lowest BCUT2D eigenvalue weighted by molar-refractivity contribution is -0.120. The third-order valence-electron chi connectivity index (χ3n) is 2.01. The standard InChI is InChI=1S/C7H15N3O3S/c1-9(2)14(12,13)10-5-3-4-8-7(11)6-10/h3-6H2,1-2H3,(H,8,11). The van der Waals surface area contributed by atoms with Crippen LogP contribution in [0.5, 0.6) is 0 Å². The van der Waals surface area contributed by atoms with Gasteiger partial charge in [-0.05, 0) is 6.42 Å². The third-order valence-corrected chi connectivity index (χ3v) is 3.90. The minimum atomic E-state index is -3.45. The Kier molecular flexibility index (Phi) is 3.46. The second-order valence-corrected chi connectivity index (χ2v) is 5.47. The molecule has 1 heterocycles. The van der Waals surface area contributed by atoms with E-state index in [9.17, 15) is 13.2 Å². The summed E-state index contributed by atoms with van der Waals surface area (Å²) < 4.78 is 25.6. The second kappa shape index (κ2) is 4.24. The molecule has 1 fully saturated rings. The van der Waals surface area contributed by atoms with E-state index in [0.29, 0.717) is 19.5 Å².